The summed E-state index contributed by atoms with van der Waals surface area (Å²) in [4.78, 5) is 0.667. The summed E-state index contributed by atoms with van der Waals surface area (Å²) in [6.07, 6.45) is -4.51. The number of halogens is 5. The van der Waals surface area contributed by atoms with Gasteiger partial charge in [0.05, 0.1) is 15.9 Å². The summed E-state index contributed by atoms with van der Waals surface area (Å²) in [5.41, 5.74) is -0.908. The summed E-state index contributed by atoms with van der Waals surface area (Å²) in [6, 6.07) is 5.09. The number of hydrogen-bond donors (Lipinski definition) is 1. The second kappa shape index (κ2) is 6.34. The van der Waals surface area contributed by atoms with Gasteiger partial charge in [-0.1, -0.05) is 18.5 Å². The van der Waals surface area contributed by atoms with E-state index in [1.165, 1.54) is 11.3 Å². The van der Waals surface area contributed by atoms with E-state index in [4.69, 9.17) is 11.6 Å². The lowest BCUT2D eigenvalue weighted by atomic mass is 10.0. The molecule has 1 nitrogen and oxygen atoms in total. The Morgan fingerprint density at radius 2 is 1.95 bits per heavy atom. The normalized spacial score (nSPS) is 13.4. The number of alkyl halides is 3. The lowest BCUT2D eigenvalue weighted by Crippen LogP contribution is -2.22. The molecule has 0 aliphatic heterocycles. The van der Waals surface area contributed by atoms with Crippen LogP contribution in [0.15, 0.2) is 30.3 Å². The molecule has 114 valence electrons. The molecular formula is C14H12ClF4NS. The fourth-order valence-electron chi connectivity index (χ4n) is 1.99. The number of benzene rings is 1. The first kappa shape index (κ1) is 16.3. The standard InChI is InChI=1S/C14H12ClF4NS/c1-2-20-13(11-5-6-12(15)21-11)9-7-8(14(17,18)19)3-4-10(9)16/h3-7,13,20H,2H2,1H3. The molecule has 0 saturated heterocycles. The van der Waals surface area contributed by atoms with E-state index in [-0.39, 0.29) is 5.56 Å². The Labute approximate surface area is 128 Å². The Morgan fingerprint density at radius 3 is 2.48 bits per heavy atom. The smallest absolute Gasteiger partial charge is 0.306 e. The van der Waals surface area contributed by atoms with Gasteiger partial charge in [0.15, 0.2) is 0 Å². The molecule has 1 N–H and O–H groups in total. The maximum absolute atomic E-state index is 14.0. The van der Waals surface area contributed by atoms with Gasteiger partial charge in [-0.25, -0.2) is 4.39 Å². The monoisotopic (exact) mass is 337 g/mol. The molecule has 0 amide bonds. The maximum Gasteiger partial charge on any atom is 0.416 e. The molecule has 0 saturated carbocycles. The Bertz CT molecular complexity index is 624. The molecule has 1 atom stereocenters. The highest BCUT2D eigenvalue weighted by Gasteiger charge is 2.32. The largest absolute Gasteiger partial charge is 0.416 e. The number of rotatable bonds is 4. The maximum atomic E-state index is 14.0. The van der Waals surface area contributed by atoms with Gasteiger partial charge < -0.3 is 5.32 Å². The molecule has 7 heteroatoms. The van der Waals surface area contributed by atoms with Crippen molar-refractivity contribution < 1.29 is 17.6 Å². The minimum Gasteiger partial charge on any atom is -0.306 e. The molecule has 1 aromatic carbocycles. The quantitative estimate of drug-likeness (QED) is 0.750. The molecule has 1 heterocycles. The highest BCUT2D eigenvalue weighted by molar-refractivity contribution is 7.16. The Morgan fingerprint density at radius 1 is 1.24 bits per heavy atom. The molecule has 0 aliphatic carbocycles. The highest BCUT2D eigenvalue weighted by Crippen LogP contribution is 2.36. The first-order valence-corrected chi connectivity index (χ1v) is 7.37. The molecule has 0 bridgehead atoms. The fourth-order valence-corrected chi connectivity index (χ4v) is 3.15. The van der Waals surface area contributed by atoms with Crippen LogP contribution in [0.4, 0.5) is 17.6 Å². The van der Waals surface area contributed by atoms with Gasteiger partial charge in [0, 0.05) is 10.4 Å². The van der Waals surface area contributed by atoms with E-state index in [1.54, 1.807) is 19.1 Å². The van der Waals surface area contributed by atoms with Crippen molar-refractivity contribution in [2.45, 2.75) is 19.1 Å². The third-order valence-corrected chi connectivity index (χ3v) is 4.22. The topological polar surface area (TPSA) is 12.0 Å². The molecule has 1 unspecified atom stereocenters. The number of hydrogen-bond acceptors (Lipinski definition) is 2. The molecule has 0 aliphatic rings. The van der Waals surface area contributed by atoms with Crippen LogP contribution in [0, 0.1) is 5.82 Å². The summed E-state index contributed by atoms with van der Waals surface area (Å²) in [6.45, 7) is 2.28. The summed E-state index contributed by atoms with van der Waals surface area (Å²) < 4.78 is 52.9. The SMILES string of the molecule is CCNC(c1ccc(Cl)s1)c1cc(C(F)(F)F)ccc1F. The molecule has 1 aromatic heterocycles. The first-order chi connectivity index (χ1) is 9.82. The van der Waals surface area contributed by atoms with Crippen molar-refractivity contribution in [2.75, 3.05) is 6.54 Å². The van der Waals surface area contributed by atoms with Crippen molar-refractivity contribution in [3.8, 4) is 0 Å². The zero-order chi connectivity index (χ0) is 15.6. The summed E-state index contributed by atoms with van der Waals surface area (Å²) in [7, 11) is 0. The van der Waals surface area contributed by atoms with E-state index < -0.39 is 23.6 Å². The molecule has 2 aromatic rings. The van der Waals surface area contributed by atoms with Crippen molar-refractivity contribution in [2.24, 2.45) is 0 Å². The van der Waals surface area contributed by atoms with Crippen molar-refractivity contribution in [1.82, 2.24) is 5.32 Å². The minimum absolute atomic E-state index is 0.0369. The summed E-state index contributed by atoms with van der Waals surface area (Å²) in [5.74, 6) is -0.682. The van der Waals surface area contributed by atoms with Crippen molar-refractivity contribution in [3.05, 3.63) is 56.5 Å². The van der Waals surface area contributed by atoms with Gasteiger partial charge in [0.1, 0.15) is 5.82 Å². The van der Waals surface area contributed by atoms with Crippen LogP contribution < -0.4 is 5.32 Å². The lowest BCUT2D eigenvalue weighted by molar-refractivity contribution is -0.137. The van der Waals surface area contributed by atoms with Gasteiger partial charge in [-0.15, -0.1) is 11.3 Å². The summed E-state index contributed by atoms with van der Waals surface area (Å²) in [5, 5.41) is 2.99. The van der Waals surface area contributed by atoms with Crippen LogP contribution in [0.1, 0.15) is 29.0 Å². The summed E-state index contributed by atoms with van der Waals surface area (Å²) >= 11 is 7.06. The zero-order valence-corrected chi connectivity index (χ0v) is 12.5. The van der Waals surface area contributed by atoms with Crippen LogP contribution >= 0.6 is 22.9 Å². The van der Waals surface area contributed by atoms with Crippen LogP contribution in [0.2, 0.25) is 4.34 Å². The van der Waals surface area contributed by atoms with Crippen molar-refractivity contribution >= 4 is 22.9 Å². The second-order valence-corrected chi connectivity index (χ2v) is 6.11. The van der Waals surface area contributed by atoms with Crippen LogP contribution in [-0.2, 0) is 6.18 Å². The van der Waals surface area contributed by atoms with Gasteiger partial charge in [-0.2, -0.15) is 13.2 Å². The molecular weight excluding hydrogens is 326 g/mol. The Balaban J connectivity index is 2.49. The average Bonchev–Trinajstić information content (AvgIpc) is 2.82. The third-order valence-electron chi connectivity index (χ3n) is 2.92. The molecule has 2 rings (SSSR count). The zero-order valence-electron chi connectivity index (χ0n) is 11.0. The van der Waals surface area contributed by atoms with Crippen molar-refractivity contribution in [1.29, 1.82) is 0 Å². The first-order valence-electron chi connectivity index (χ1n) is 6.18. The predicted molar refractivity (Wildman–Crippen MR) is 76.3 cm³/mol. The minimum atomic E-state index is -4.51. The van der Waals surface area contributed by atoms with E-state index in [0.29, 0.717) is 15.8 Å². The van der Waals surface area contributed by atoms with Crippen LogP contribution in [0.3, 0.4) is 0 Å². The van der Waals surface area contributed by atoms with Crippen LogP contribution in [0.25, 0.3) is 0 Å². The van der Waals surface area contributed by atoms with Crippen LogP contribution in [-0.4, -0.2) is 6.54 Å². The van der Waals surface area contributed by atoms with Gasteiger partial charge in [-0.05, 0) is 36.9 Å². The fraction of sp³-hybridized carbons (Fsp3) is 0.286. The third kappa shape index (κ3) is 3.75. The Kier molecular flexibility index (Phi) is 4.91. The lowest BCUT2D eigenvalue weighted by Gasteiger charge is -2.19. The molecule has 0 radical (unpaired) electrons. The molecule has 0 fully saturated rings. The van der Waals surface area contributed by atoms with Gasteiger partial charge >= 0.3 is 6.18 Å². The van der Waals surface area contributed by atoms with E-state index in [1.807, 2.05) is 0 Å². The van der Waals surface area contributed by atoms with Crippen LogP contribution in [0.5, 0.6) is 0 Å². The number of nitrogens with one attached hydrogen (secondary N) is 1. The van der Waals surface area contributed by atoms with Crippen molar-refractivity contribution in [3.63, 3.8) is 0 Å². The van der Waals surface area contributed by atoms with E-state index in [2.05, 4.69) is 5.32 Å². The molecule has 21 heavy (non-hydrogen) atoms. The van der Waals surface area contributed by atoms with Gasteiger partial charge in [0.25, 0.3) is 0 Å². The Hall–Kier alpha value is -1.11. The van der Waals surface area contributed by atoms with E-state index in [0.717, 1.165) is 18.2 Å². The highest BCUT2D eigenvalue weighted by atomic mass is 35.5. The van der Waals surface area contributed by atoms with Gasteiger partial charge in [-0.3, -0.25) is 0 Å². The van der Waals surface area contributed by atoms with Gasteiger partial charge in [0.2, 0.25) is 0 Å². The molecule has 0 spiro atoms. The van der Waals surface area contributed by atoms with E-state index in [9.17, 15) is 17.6 Å². The second-order valence-electron chi connectivity index (χ2n) is 4.37. The number of thiophene rings is 1. The predicted octanol–water partition coefficient (Wildman–Crippen LogP) is 5.26. The average molecular weight is 338 g/mol. The van der Waals surface area contributed by atoms with E-state index >= 15 is 0 Å².